The number of urea groups is 1. The highest BCUT2D eigenvalue weighted by atomic mass is 16.4. The zero-order chi connectivity index (χ0) is 13.8. The fourth-order valence-corrected chi connectivity index (χ4v) is 2.47. The zero-order valence-electron chi connectivity index (χ0n) is 11.5. The molecule has 1 fully saturated rings. The SMILES string of the molecule is CCCC(C)NC(=O)N1CCC(CC)(C(=O)O)C1. The molecule has 0 bridgehead atoms. The molecular formula is C13H24N2O3. The zero-order valence-corrected chi connectivity index (χ0v) is 11.5. The van der Waals surface area contributed by atoms with E-state index in [2.05, 4.69) is 12.2 Å². The second-order valence-electron chi connectivity index (χ2n) is 5.25. The Morgan fingerprint density at radius 3 is 2.56 bits per heavy atom. The van der Waals surface area contributed by atoms with Crippen LogP contribution in [0.25, 0.3) is 0 Å². The summed E-state index contributed by atoms with van der Waals surface area (Å²) < 4.78 is 0. The fourth-order valence-electron chi connectivity index (χ4n) is 2.47. The van der Waals surface area contributed by atoms with Crippen LogP contribution in [0.15, 0.2) is 0 Å². The number of hydrogen-bond donors (Lipinski definition) is 2. The molecule has 1 saturated heterocycles. The summed E-state index contributed by atoms with van der Waals surface area (Å²) in [7, 11) is 0. The summed E-state index contributed by atoms with van der Waals surface area (Å²) >= 11 is 0. The highest BCUT2D eigenvalue weighted by Gasteiger charge is 2.44. The van der Waals surface area contributed by atoms with E-state index in [-0.39, 0.29) is 12.1 Å². The van der Waals surface area contributed by atoms with Crippen LogP contribution in [0, 0.1) is 5.41 Å². The molecule has 2 atom stereocenters. The molecule has 0 radical (unpaired) electrons. The second-order valence-corrected chi connectivity index (χ2v) is 5.25. The Kier molecular flexibility index (Phi) is 4.99. The summed E-state index contributed by atoms with van der Waals surface area (Å²) in [4.78, 5) is 24.9. The molecule has 0 aromatic rings. The van der Waals surface area contributed by atoms with Gasteiger partial charge in [-0.25, -0.2) is 4.79 Å². The molecule has 0 aromatic carbocycles. The maximum absolute atomic E-state index is 12.0. The largest absolute Gasteiger partial charge is 0.481 e. The third-order valence-corrected chi connectivity index (χ3v) is 3.86. The van der Waals surface area contributed by atoms with Gasteiger partial charge >= 0.3 is 12.0 Å². The molecule has 1 heterocycles. The van der Waals surface area contributed by atoms with Gasteiger partial charge in [0.15, 0.2) is 0 Å². The van der Waals surface area contributed by atoms with Crippen molar-refractivity contribution >= 4 is 12.0 Å². The number of hydrogen-bond acceptors (Lipinski definition) is 2. The molecule has 18 heavy (non-hydrogen) atoms. The molecule has 0 aliphatic carbocycles. The number of carbonyl (C=O) groups excluding carboxylic acids is 1. The molecule has 1 aliphatic heterocycles. The summed E-state index contributed by atoms with van der Waals surface area (Å²) in [6.07, 6.45) is 3.08. The van der Waals surface area contributed by atoms with E-state index in [1.165, 1.54) is 0 Å². The van der Waals surface area contributed by atoms with Gasteiger partial charge in [0.25, 0.3) is 0 Å². The second kappa shape index (κ2) is 6.07. The molecule has 5 nitrogen and oxygen atoms in total. The highest BCUT2D eigenvalue weighted by Crippen LogP contribution is 2.34. The van der Waals surface area contributed by atoms with Gasteiger partial charge in [-0.05, 0) is 26.2 Å². The smallest absolute Gasteiger partial charge is 0.317 e. The summed E-state index contributed by atoms with van der Waals surface area (Å²) in [5.74, 6) is -0.790. The lowest BCUT2D eigenvalue weighted by Gasteiger charge is -2.24. The Morgan fingerprint density at radius 1 is 1.44 bits per heavy atom. The lowest BCUT2D eigenvalue weighted by atomic mass is 9.84. The third kappa shape index (κ3) is 3.15. The van der Waals surface area contributed by atoms with Crippen molar-refractivity contribution in [3.63, 3.8) is 0 Å². The molecule has 5 heteroatoms. The minimum Gasteiger partial charge on any atom is -0.481 e. The van der Waals surface area contributed by atoms with Crippen molar-refractivity contribution in [1.29, 1.82) is 0 Å². The molecule has 1 aliphatic rings. The molecule has 0 saturated carbocycles. The Bertz CT molecular complexity index is 319. The number of nitrogens with zero attached hydrogens (tertiary/aromatic N) is 1. The first kappa shape index (κ1) is 14.8. The number of carboxylic acids is 1. The van der Waals surface area contributed by atoms with Crippen LogP contribution in [0.2, 0.25) is 0 Å². The maximum atomic E-state index is 12.0. The topological polar surface area (TPSA) is 69.6 Å². The van der Waals surface area contributed by atoms with E-state index in [9.17, 15) is 14.7 Å². The van der Waals surface area contributed by atoms with E-state index in [0.29, 0.717) is 25.9 Å². The summed E-state index contributed by atoms with van der Waals surface area (Å²) in [6.45, 7) is 6.77. The Morgan fingerprint density at radius 2 is 2.11 bits per heavy atom. The molecule has 2 N–H and O–H groups in total. The molecule has 1 rings (SSSR count). The molecule has 2 unspecified atom stereocenters. The number of carboxylic acid groups (broad SMARTS) is 1. The molecule has 104 valence electrons. The van der Waals surface area contributed by atoms with Crippen LogP contribution in [0.1, 0.15) is 46.5 Å². The maximum Gasteiger partial charge on any atom is 0.317 e. The van der Waals surface area contributed by atoms with Crippen molar-refractivity contribution < 1.29 is 14.7 Å². The van der Waals surface area contributed by atoms with Crippen LogP contribution in [0.3, 0.4) is 0 Å². The first-order valence-electron chi connectivity index (χ1n) is 6.74. The lowest BCUT2D eigenvalue weighted by Crippen LogP contribution is -2.44. The molecule has 0 aromatic heterocycles. The normalized spacial score (nSPS) is 24.9. The van der Waals surface area contributed by atoms with Crippen molar-refractivity contribution in [1.82, 2.24) is 10.2 Å². The van der Waals surface area contributed by atoms with Crippen LogP contribution >= 0.6 is 0 Å². The lowest BCUT2D eigenvalue weighted by molar-refractivity contribution is -0.148. The quantitative estimate of drug-likeness (QED) is 0.791. The first-order valence-corrected chi connectivity index (χ1v) is 6.74. The minimum absolute atomic E-state index is 0.132. The van der Waals surface area contributed by atoms with E-state index in [0.717, 1.165) is 12.8 Å². The van der Waals surface area contributed by atoms with Gasteiger partial charge in [-0.3, -0.25) is 4.79 Å². The van der Waals surface area contributed by atoms with Crippen LogP contribution < -0.4 is 5.32 Å². The fraction of sp³-hybridized carbons (Fsp3) is 0.846. The average molecular weight is 256 g/mol. The predicted octanol–water partition coefficient (Wildman–Crippen LogP) is 2.07. The minimum atomic E-state index is -0.790. The van der Waals surface area contributed by atoms with Gasteiger partial charge in [0.2, 0.25) is 0 Å². The monoisotopic (exact) mass is 256 g/mol. The van der Waals surface area contributed by atoms with Gasteiger partial charge in [0.1, 0.15) is 0 Å². The van der Waals surface area contributed by atoms with E-state index in [1.54, 1.807) is 4.90 Å². The number of nitrogens with one attached hydrogen (secondary N) is 1. The number of rotatable bonds is 5. The Balaban J connectivity index is 2.55. The van der Waals surface area contributed by atoms with Crippen LogP contribution in [-0.2, 0) is 4.79 Å². The van der Waals surface area contributed by atoms with Crippen molar-refractivity contribution in [2.24, 2.45) is 5.41 Å². The highest BCUT2D eigenvalue weighted by molar-refractivity contribution is 5.79. The van der Waals surface area contributed by atoms with Gasteiger partial charge in [-0.15, -0.1) is 0 Å². The summed E-state index contributed by atoms with van der Waals surface area (Å²) in [5.41, 5.74) is -0.745. The number of aliphatic carboxylic acids is 1. The van der Waals surface area contributed by atoms with Crippen molar-refractivity contribution in [3.05, 3.63) is 0 Å². The number of amides is 2. The van der Waals surface area contributed by atoms with Crippen molar-refractivity contribution in [2.45, 2.75) is 52.5 Å². The van der Waals surface area contributed by atoms with Gasteiger partial charge < -0.3 is 15.3 Å². The average Bonchev–Trinajstić information content (AvgIpc) is 2.74. The van der Waals surface area contributed by atoms with Crippen LogP contribution in [0.5, 0.6) is 0 Å². The van der Waals surface area contributed by atoms with Crippen molar-refractivity contribution in [2.75, 3.05) is 13.1 Å². The Hall–Kier alpha value is -1.26. The van der Waals surface area contributed by atoms with E-state index >= 15 is 0 Å². The predicted molar refractivity (Wildman–Crippen MR) is 69.5 cm³/mol. The summed E-state index contributed by atoms with van der Waals surface area (Å²) in [6, 6.07) is 0.0106. The van der Waals surface area contributed by atoms with E-state index in [4.69, 9.17) is 0 Å². The standard InChI is InChI=1S/C13H24N2O3/c1-4-6-10(3)14-12(18)15-8-7-13(5-2,9-15)11(16)17/h10H,4-9H2,1-3H3,(H,14,18)(H,16,17). The summed E-state index contributed by atoms with van der Waals surface area (Å²) in [5, 5.41) is 12.2. The van der Waals surface area contributed by atoms with E-state index < -0.39 is 11.4 Å². The third-order valence-electron chi connectivity index (χ3n) is 3.86. The van der Waals surface area contributed by atoms with E-state index in [1.807, 2.05) is 13.8 Å². The van der Waals surface area contributed by atoms with Gasteiger partial charge in [0, 0.05) is 19.1 Å². The Labute approximate surface area is 109 Å². The van der Waals surface area contributed by atoms with Crippen LogP contribution in [0.4, 0.5) is 4.79 Å². The first-order chi connectivity index (χ1) is 8.45. The van der Waals surface area contributed by atoms with Crippen LogP contribution in [-0.4, -0.2) is 41.1 Å². The molecular weight excluding hydrogens is 232 g/mol. The van der Waals surface area contributed by atoms with Gasteiger partial charge in [0.05, 0.1) is 5.41 Å². The number of likely N-dealkylation sites (tertiary alicyclic amines) is 1. The number of carbonyl (C=O) groups is 2. The molecule has 2 amide bonds. The van der Waals surface area contributed by atoms with Gasteiger partial charge in [-0.2, -0.15) is 0 Å². The van der Waals surface area contributed by atoms with Gasteiger partial charge in [-0.1, -0.05) is 20.3 Å². The van der Waals surface area contributed by atoms with Crippen molar-refractivity contribution in [3.8, 4) is 0 Å². The molecule has 0 spiro atoms.